The van der Waals surface area contributed by atoms with Crippen LogP contribution in [0.4, 0.5) is 5.69 Å². The highest BCUT2D eigenvalue weighted by Crippen LogP contribution is 2.21. The van der Waals surface area contributed by atoms with E-state index in [2.05, 4.69) is 10.4 Å². The van der Waals surface area contributed by atoms with E-state index in [1.807, 2.05) is 6.07 Å². The molecule has 6 nitrogen and oxygen atoms in total. The summed E-state index contributed by atoms with van der Waals surface area (Å²) in [5.41, 5.74) is 2.45. The molecule has 0 aliphatic heterocycles. The SMILES string of the molecule is Cc1nn(CC(=O)O)c(C)c1NC(=O)Cc1ccccc1Cl. The van der Waals surface area contributed by atoms with Crippen LogP contribution < -0.4 is 5.32 Å². The number of carbonyl (C=O) groups excluding carboxylic acids is 1. The fourth-order valence-electron chi connectivity index (χ4n) is 2.16. The minimum atomic E-state index is -0.987. The smallest absolute Gasteiger partial charge is 0.325 e. The Kier molecular flexibility index (Phi) is 4.82. The van der Waals surface area contributed by atoms with Crippen LogP contribution in [0.1, 0.15) is 17.0 Å². The van der Waals surface area contributed by atoms with Crippen molar-refractivity contribution in [2.24, 2.45) is 0 Å². The van der Waals surface area contributed by atoms with Gasteiger partial charge >= 0.3 is 5.97 Å². The highest BCUT2D eigenvalue weighted by atomic mass is 35.5. The average molecular weight is 322 g/mol. The first-order chi connectivity index (χ1) is 10.4. The van der Waals surface area contributed by atoms with E-state index < -0.39 is 5.97 Å². The molecule has 2 aromatic rings. The summed E-state index contributed by atoms with van der Waals surface area (Å²) in [4.78, 5) is 22.9. The maximum Gasteiger partial charge on any atom is 0.325 e. The Hall–Kier alpha value is -2.34. The molecule has 7 heteroatoms. The fraction of sp³-hybridized carbons (Fsp3) is 0.267. The van der Waals surface area contributed by atoms with E-state index in [0.717, 1.165) is 5.56 Å². The third-order valence-corrected chi connectivity index (χ3v) is 3.61. The minimum Gasteiger partial charge on any atom is -0.480 e. The van der Waals surface area contributed by atoms with Crippen LogP contribution in [0.3, 0.4) is 0 Å². The van der Waals surface area contributed by atoms with E-state index in [0.29, 0.717) is 22.1 Å². The van der Waals surface area contributed by atoms with Crippen LogP contribution >= 0.6 is 11.6 Å². The van der Waals surface area contributed by atoms with Crippen LogP contribution in [0, 0.1) is 13.8 Å². The lowest BCUT2D eigenvalue weighted by Crippen LogP contribution is -2.16. The van der Waals surface area contributed by atoms with Crippen LogP contribution in [-0.4, -0.2) is 26.8 Å². The summed E-state index contributed by atoms with van der Waals surface area (Å²) in [6.07, 6.45) is 0.142. The largest absolute Gasteiger partial charge is 0.480 e. The van der Waals surface area contributed by atoms with E-state index >= 15 is 0 Å². The molecule has 0 saturated carbocycles. The summed E-state index contributed by atoms with van der Waals surface area (Å²) >= 11 is 6.03. The van der Waals surface area contributed by atoms with Gasteiger partial charge in [0.2, 0.25) is 5.91 Å². The summed E-state index contributed by atoms with van der Waals surface area (Å²) in [5, 5.41) is 16.3. The van der Waals surface area contributed by atoms with Crippen LogP contribution in [0.15, 0.2) is 24.3 Å². The first kappa shape index (κ1) is 16.0. The van der Waals surface area contributed by atoms with Gasteiger partial charge in [0.05, 0.1) is 23.5 Å². The molecule has 1 aromatic heterocycles. The molecule has 116 valence electrons. The predicted molar refractivity (Wildman–Crippen MR) is 83.1 cm³/mol. The van der Waals surface area contributed by atoms with E-state index in [-0.39, 0.29) is 18.9 Å². The maximum atomic E-state index is 12.1. The molecule has 0 atom stereocenters. The molecule has 0 fully saturated rings. The molecule has 22 heavy (non-hydrogen) atoms. The molecular formula is C15H16ClN3O3. The summed E-state index contributed by atoms with van der Waals surface area (Å²) in [5.74, 6) is -1.21. The molecule has 0 aliphatic rings. The topological polar surface area (TPSA) is 84.2 Å². The second-order valence-corrected chi connectivity index (χ2v) is 5.32. The molecule has 1 heterocycles. The van der Waals surface area contributed by atoms with Crippen LogP contribution in [0.2, 0.25) is 5.02 Å². The number of carboxylic acids is 1. The lowest BCUT2D eigenvalue weighted by Gasteiger charge is -2.07. The lowest BCUT2D eigenvalue weighted by atomic mass is 10.1. The van der Waals surface area contributed by atoms with E-state index in [4.69, 9.17) is 16.7 Å². The number of aromatic nitrogens is 2. The van der Waals surface area contributed by atoms with Gasteiger partial charge in [-0.2, -0.15) is 5.10 Å². The van der Waals surface area contributed by atoms with Crippen molar-refractivity contribution in [2.75, 3.05) is 5.32 Å². The number of anilines is 1. The van der Waals surface area contributed by atoms with Gasteiger partial charge < -0.3 is 10.4 Å². The van der Waals surface area contributed by atoms with Crippen molar-refractivity contribution in [3.8, 4) is 0 Å². The summed E-state index contributed by atoms with van der Waals surface area (Å²) < 4.78 is 1.35. The van der Waals surface area contributed by atoms with Gasteiger partial charge in [-0.1, -0.05) is 29.8 Å². The standard InChI is InChI=1S/C15H16ClN3O3/c1-9-15(10(2)19(18-9)8-14(21)22)17-13(20)7-11-5-3-4-6-12(11)16/h3-6H,7-8H2,1-2H3,(H,17,20)(H,21,22). The Bertz CT molecular complexity index is 725. The zero-order chi connectivity index (χ0) is 16.3. The molecule has 2 N–H and O–H groups in total. The van der Waals surface area contributed by atoms with Crippen molar-refractivity contribution in [1.82, 2.24) is 9.78 Å². The number of nitrogens with zero attached hydrogens (tertiary/aromatic N) is 2. The number of hydrogen-bond donors (Lipinski definition) is 2. The number of aliphatic carboxylic acids is 1. The first-order valence-corrected chi connectivity index (χ1v) is 7.05. The highest BCUT2D eigenvalue weighted by Gasteiger charge is 2.16. The number of hydrogen-bond acceptors (Lipinski definition) is 3. The van der Waals surface area contributed by atoms with Gasteiger partial charge in [0.1, 0.15) is 6.54 Å². The van der Waals surface area contributed by atoms with Gasteiger partial charge in [0.15, 0.2) is 0 Å². The fourth-order valence-corrected chi connectivity index (χ4v) is 2.36. The van der Waals surface area contributed by atoms with E-state index in [9.17, 15) is 9.59 Å². The quantitative estimate of drug-likeness (QED) is 0.885. The Labute approximate surface area is 132 Å². The molecule has 1 aromatic carbocycles. The summed E-state index contributed by atoms with van der Waals surface area (Å²) in [7, 11) is 0. The molecule has 0 aliphatic carbocycles. The highest BCUT2D eigenvalue weighted by molar-refractivity contribution is 6.31. The first-order valence-electron chi connectivity index (χ1n) is 6.67. The Morgan fingerprint density at radius 2 is 2.00 bits per heavy atom. The lowest BCUT2D eigenvalue weighted by molar-refractivity contribution is -0.137. The monoisotopic (exact) mass is 321 g/mol. The zero-order valence-electron chi connectivity index (χ0n) is 12.3. The van der Waals surface area contributed by atoms with Crippen molar-refractivity contribution >= 4 is 29.2 Å². The van der Waals surface area contributed by atoms with Crippen molar-refractivity contribution in [1.29, 1.82) is 0 Å². The zero-order valence-corrected chi connectivity index (χ0v) is 13.0. The molecular weight excluding hydrogens is 306 g/mol. The Morgan fingerprint density at radius 3 is 2.64 bits per heavy atom. The van der Waals surface area contributed by atoms with Crippen LogP contribution in [0.25, 0.3) is 0 Å². The molecule has 0 radical (unpaired) electrons. The second-order valence-electron chi connectivity index (χ2n) is 4.91. The number of carbonyl (C=O) groups is 2. The average Bonchev–Trinajstić information content (AvgIpc) is 2.68. The van der Waals surface area contributed by atoms with Gasteiger partial charge in [-0.15, -0.1) is 0 Å². The van der Waals surface area contributed by atoms with Crippen LogP contribution in [0.5, 0.6) is 0 Å². The van der Waals surface area contributed by atoms with Gasteiger partial charge in [-0.3, -0.25) is 14.3 Å². The number of halogens is 1. The number of amides is 1. The van der Waals surface area contributed by atoms with Crippen LogP contribution in [-0.2, 0) is 22.6 Å². The number of benzene rings is 1. The normalized spacial score (nSPS) is 10.5. The van der Waals surface area contributed by atoms with Crippen molar-refractivity contribution in [2.45, 2.75) is 26.8 Å². The number of rotatable bonds is 5. The molecule has 0 spiro atoms. The van der Waals surface area contributed by atoms with Gasteiger partial charge in [0, 0.05) is 5.02 Å². The number of aryl methyl sites for hydroxylation is 1. The van der Waals surface area contributed by atoms with E-state index in [1.165, 1.54) is 4.68 Å². The molecule has 1 amide bonds. The summed E-state index contributed by atoms with van der Waals surface area (Å²) in [6, 6.07) is 7.13. The van der Waals surface area contributed by atoms with Gasteiger partial charge in [-0.25, -0.2) is 0 Å². The predicted octanol–water partition coefficient (Wildman–Crippen LogP) is 2.42. The molecule has 0 unspecified atom stereocenters. The van der Waals surface area contributed by atoms with Crippen molar-refractivity contribution < 1.29 is 14.7 Å². The Balaban J connectivity index is 2.14. The maximum absolute atomic E-state index is 12.1. The number of nitrogens with one attached hydrogen (secondary N) is 1. The molecule has 0 saturated heterocycles. The molecule has 2 rings (SSSR count). The van der Waals surface area contributed by atoms with Crippen molar-refractivity contribution in [3.05, 3.63) is 46.2 Å². The van der Waals surface area contributed by atoms with Gasteiger partial charge in [0.25, 0.3) is 0 Å². The third kappa shape index (κ3) is 3.65. The minimum absolute atomic E-state index is 0.142. The number of carboxylic acid groups (broad SMARTS) is 1. The summed E-state index contributed by atoms with van der Waals surface area (Å²) in [6.45, 7) is 3.19. The third-order valence-electron chi connectivity index (χ3n) is 3.24. The second kappa shape index (κ2) is 6.62. The van der Waals surface area contributed by atoms with E-state index in [1.54, 1.807) is 32.0 Å². The van der Waals surface area contributed by atoms with Gasteiger partial charge in [-0.05, 0) is 25.5 Å². The Morgan fingerprint density at radius 1 is 1.32 bits per heavy atom. The van der Waals surface area contributed by atoms with Crippen molar-refractivity contribution in [3.63, 3.8) is 0 Å². The molecule has 0 bridgehead atoms.